The van der Waals surface area contributed by atoms with Crippen molar-refractivity contribution < 1.29 is 23.5 Å². The molecule has 0 atom stereocenters. The smallest absolute Gasteiger partial charge is 0.246 e. The van der Waals surface area contributed by atoms with Gasteiger partial charge in [0.25, 0.3) is 0 Å². The maximum absolute atomic E-state index is 11.9. The van der Waals surface area contributed by atoms with Crippen LogP contribution in [0.2, 0.25) is 0 Å². The zero-order chi connectivity index (χ0) is 15.4. The minimum atomic E-state index is -0.148. The van der Waals surface area contributed by atoms with E-state index in [9.17, 15) is 4.79 Å². The van der Waals surface area contributed by atoms with Crippen molar-refractivity contribution in [3.05, 3.63) is 35.5 Å². The lowest BCUT2D eigenvalue weighted by Gasteiger charge is -2.04. The predicted octanol–water partition coefficient (Wildman–Crippen LogP) is 0.804. The molecule has 0 fully saturated rings. The van der Waals surface area contributed by atoms with Gasteiger partial charge in [0.05, 0.1) is 13.0 Å². The first kappa shape index (κ1) is 14.3. The Labute approximate surface area is 126 Å². The molecule has 116 valence electrons. The number of hydrogen-bond acceptors (Lipinski definition) is 7. The van der Waals surface area contributed by atoms with Crippen LogP contribution >= 0.6 is 0 Å². The van der Waals surface area contributed by atoms with E-state index >= 15 is 0 Å². The Morgan fingerprint density at radius 1 is 1.36 bits per heavy atom. The van der Waals surface area contributed by atoms with Gasteiger partial charge in [-0.1, -0.05) is 11.2 Å². The highest BCUT2D eigenvalue weighted by molar-refractivity contribution is 5.78. The molecule has 2 aromatic rings. The van der Waals surface area contributed by atoms with Crippen molar-refractivity contribution in [1.29, 1.82) is 0 Å². The van der Waals surface area contributed by atoms with Crippen LogP contribution in [-0.4, -0.2) is 30.0 Å². The number of carbonyl (C=O) groups is 1. The second kappa shape index (κ2) is 6.44. The molecule has 0 aliphatic carbocycles. The molecule has 8 heteroatoms. The summed E-state index contributed by atoms with van der Waals surface area (Å²) in [5.41, 5.74) is 0.840. The van der Waals surface area contributed by atoms with Crippen LogP contribution in [0.4, 0.5) is 0 Å². The third-order valence-corrected chi connectivity index (χ3v) is 3.02. The highest BCUT2D eigenvalue weighted by atomic mass is 16.7. The fourth-order valence-corrected chi connectivity index (χ4v) is 2.02. The topological polar surface area (TPSA) is 95.7 Å². The molecule has 1 aromatic carbocycles. The largest absolute Gasteiger partial charge is 0.454 e. The molecule has 1 N–H and O–H groups in total. The molecular formula is C14H15N3O5. The third kappa shape index (κ3) is 3.34. The number of amides is 1. The Bertz CT molecular complexity index is 670. The van der Waals surface area contributed by atoms with E-state index in [1.807, 2.05) is 6.07 Å². The van der Waals surface area contributed by atoms with E-state index in [4.69, 9.17) is 18.7 Å². The van der Waals surface area contributed by atoms with Crippen LogP contribution in [0.25, 0.3) is 0 Å². The van der Waals surface area contributed by atoms with Gasteiger partial charge in [0.1, 0.15) is 6.61 Å². The summed E-state index contributed by atoms with van der Waals surface area (Å²) in [4.78, 5) is 16.0. The van der Waals surface area contributed by atoms with Crippen molar-refractivity contribution >= 4 is 5.91 Å². The number of fused-ring (bicyclic) bond motifs is 1. The average Bonchev–Trinajstić information content (AvgIpc) is 3.14. The zero-order valence-electron chi connectivity index (χ0n) is 12.0. The summed E-state index contributed by atoms with van der Waals surface area (Å²) in [6, 6.07) is 5.42. The zero-order valence-corrected chi connectivity index (χ0v) is 12.0. The second-order valence-electron chi connectivity index (χ2n) is 4.68. The number of ether oxygens (including phenoxy) is 3. The lowest BCUT2D eigenvalue weighted by atomic mass is 10.1. The van der Waals surface area contributed by atoms with Gasteiger partial charge in [0.2, 0.25) is 18.6 Å². The minimum absolute atomic E-state index is 0.148. The first-order valence-corrected chi connectivity index (χ1v) is 6.70. The van der Waals surface area contributed by atoms with E-state index in [1.54, 1.807) is 19.2 Å². The Balaban J connectivity index is 1.51. The Hall–Kier alpha value is -2.61. The number of aromatic nitrogens is 2. The van der Waals surface area contributed by atoms with Gasteiger partial charge < -0.3 is 24.1 Å². The van der Waals surface area contributed by atoms with Gasteiger partial charge in [-0.25, -0.2) is 0 Å². The molecule has 22 heavy (non-hydrogen) atoms. The average molecular weight is 305 g/mol. The molecular weight excluding hydrogens is 290 g/mol. The lowest BCUT2D eigenvalue weighted by molar-refractivity contribution is -0.120. The standard InChI is InChI=1S/C14H15N3O5/c1-19-7-12-16-14(22-17-12)6-15-13(18)5-9-2-3-10-11(4-9)21-8-20-10/h2-4H,5-8H2,1H3,(H,15,18). The van der Waals surface area contributed by atoms with E-state index in [1.165, 1.54) is 0 Å². The van der Waals surface area contributed by atoms with Gasteiger partial charge in [-0.05, 0) is 17.7 Å². The molecule has 3 rings (SSSR count). The fraction of sp³-hybridized carbons (Fsp3) is 0.357. The van der Waals surface area contributed by atoms with Crippen molar-refractivity contribution in [3.8, 4) is 11.5 Å². The number of methoxy groups -OCH3 is 1. The summed E-state index contributed by atoms with van der Waals surface area (Å²) >= 11 is 0. The summed E-state index contributed by atoms with van der Waals surface area (Å²) in [6.45, 7) is 0.667. The van der Waals surface area contributed by atoms with Crippen molar-refractivity contribution in [3.63, 3.8) is 0 Å². The fourth-order valence-electron chi connectivity index (χ4n) is 2.02. The highest BCUT2D eigenvalue weighted by Crippen LogP contribution is 2.32. The van der Waals surface area contributed by atoms with Gasteiger partial charge in [-0.15, -0.1) is 0 Å². The van der Waals surface area contributed by atoms with Crippen molar-refractivity contribution in [2.75, 3.05) is 13.9 Å². The first-order valence-electron chi connectivity index (χ1n) is 6.70. The minimum Gasteiger partial charge on any atom is -0.454 e. The normalized spacial score (nSPS) is 12.4. The summed E-state index contributed by atoms with van der Waals surface area (Å²) in [5.74, 6) is 1.99. The number of carbonyl (C=O) groups excluding carboxylic acids is 1. The van der Waals surface area contributed by atoms with Gasteiger partial charge in [-0.2, -0.15) is 4.98 Å². The van der Waals surface area contributed by atoms with Crippen molar-refractivity contribution in [2.45, 2.75) is 19.6 Å². The molecule has 8 nitrogen and oxygen atoms in total. The summed E-state index contributed by atoms with van der Waals surface area (Å²) in [7, 11) is 1.54. The maximum atomic E-state index is 11.9. The molecule has 1 aromatic heterocycles. The van der Waals surface area contributed by atoms with Gasteiger partial charge >= 0.3 is 0 Å². The molecule has 0 spiro atoms. The number of nitrogens with one attached hydrogen (secondary N) is 1. The van der Waals surface area contributed by atoms with E-state index in [-0.39, 0.29) is 32.3 Å². The van der Waals surface area contributed by atoms with Gasteiger partial charge in [0.15, 0.2) is 17.3 Å². The van der Waals surface area contributed by atoms with E-state index < -0.39 is 0 Å². The molecule has 1 amide bonds. The predicted molar refractivity (Wildman–Crippen MR) is 73.1 cm³/mol. The van der Waals surface area contributed by atoms with Crippen LogP contribution in [0.15, 0.2) is 22.7 Å². The Morgan fingerprint density at radius 3 is 3.09 bits per heavy atom. The number of rotatable bonds is 6. The van der Waals surface area contributed by atoms with Crippen LogP contribution in [-0.2, 0) is 29.1 Å². The molecule has 0 bridgehead atoms. The number of benzene rings is 1. The molecule has 1 aliphatic rings. The van der Waals surface area contributed by atoms with E-state index in [2.05, 4.69) is 15.5 Å². The third-order valence-electron chi connectivity index (χ3n) is 3.02. The summed E-state index contributed by atoms with van der Waals surface area (Å²) in [5, 5.41) is 6.44. The lowest BCUT2D eigenvalue weighted by Crippen LogP contribution is -2.24. The van der Waals surface area contributed by atoms with Gasteiger partial charge in [-0.3, -0.25) is 4.79 Å². The molecule has 0 saturated carbocycles. The van der Waals surface area contributed by atoms with Crippen molar-refractivity contribution in [1.82, 2.24) is 15.5 Å². The van der Waals surface area contributed by atoms with Crippen LogP contribution in [0, 0.1) is 0 Å². The highest BCUT2D eigenvalue weighted by Gasteiger charge is 2.15. The van der Waals surface area contributed by atoms with Crippen LogP contribution < -0.4 is 14.8 Å². The molecule has 0 unspecified atom stereocenters. The molecule has 2 heterocycles. The van der Waals surface area contributed by atoms with Crippen LogP contribution in [0.1, 0.15) is 17.3 Å². The van der Waals surface area contributed by atoms with Crippen molar-refractivity contribution in [2.24, 2.45) is 0 Å². The number of nitrogens with zero attached hydrogens (tertiary/aromatic N) is 2. The van der Waals surface area contributed by atoms with E-state index in [0.717, 1.165) is 5.56 Å². The van der Waals surface area contributed by atoms with E-state index in [0.29, 0.717) is 23.2 Å². The summed E-state index contributed by atoms with van der Waals surface area (Å²) < 4.78 is 20.4. The molecule has 0 saturated heterocycles. The van der Waals surface area contributed by atoms with Crippen LogP contribution in [0.5, 0.6) is 11.5 Å². The number of hydrogen-bond donors (Lipinski definition) is 1. The SMILES string of the molecule is COCc1noc(CNC(=O)Cc2ccc3c(c2)OCO3)n1. The molecule has 0 radical (unpaired) electrons. The monoisotopic (exact) mass is 305 g/mol. The first-order chi connectivity index (χ1) is 10.7. The summed E-state index contributed by atoms with van der Waals surface area (Å²) in [6.07, 6.45) is 0.232. The maximum Gasteiger partial charge on any atom is 0.246 e. The Morgan fingerprint density at radius 2 is 2.23 bits per heavy atom. The molecule has 1 aliphatic heterocycles. The van der Waals surface area contributed by atoms with Gasteiger partial charge in [0, 0.05) is 7.11 Å². The quantitative estimate of drug-likeness (QED) is 0.843. The second-order valence-corrected chi connectivity index (χ2v) is 4.68. The van der Waals surface area contributed by atoms with Crippen LogP contribution in [0.3, 0.4) is 0 Å². The Kier molecular flexibility index (Phi) is 4.19.